The lowest BCUT2D eigenvalue weighted by Crippen LogP contribution is -2.52. The van der Waals surface area contributed by atoms with Gasteiger partial charge in [0.25, 0.3) is 0 Å². The van der Waals surface area contributed by atoms with Crippen LogP contribution >= 0.6 is 11.6 Å². The molecule has 1 N–H and O–H groups in total. The Morgan fingerprint density at radius 1 is 1.07 bits per heavy atom. The van der Waals surface area contributed by atoms with Gasteiger partial charge in [-0.2, -0.15) is 4.31 Å². The fourth-order valence-electron chi connectivity index (χ4n) is 5.18. The molecule has 0 saturated carbocycles. The molecule has 3 aromatic rings. The third-order valence-corrected chi connectivity index (χ3v) is 9.96. The number of sulfonamides is 1. The number of rotatable bonds is 10. The molecule has 1 aromatic heterocycles. The molecule has 10 heteroatoms. The molecule has 0 bridgehead atoms. The Morgan fingerprint density at radius 2 is 1.85 bits per heavy atom. The van der Waals surface area contributed by atoms with Gasteiger partial charge in [-0.25, -0.2) is 8.42 Å². The lowest BCUT2D eigenvalue weighted by Gasteiger charge is -2.41. The van der Waals surface area contributed by atoms with Crippen molar-refractivity contribution < 1.29 is 18.0 Å². The van der Waals surface area contributed by atoms with Crippen molar-refractivity contribution in [1.29, 1.82) is 0 Å². The monoisotopic (exact) mass is 596 g/mol. The molecule has 1 atom stereocenters. The van der Waals surface area contributed by atoms with E-state index in [-0.39, 0.29) is 49.2 Å². The minimum absolute atomic E-state index is 0.0688. The van der Waals surface area contributed by atoms with Gasteiger partial charge in [0, 0.05) is 56.4 Å². The summed E-state index contributed by atoms with van der Waals surface area (Å²) in [5, 5.41) is 3.18. The zero-order chi connectivity index (χ0) is 29.6. The van der Waals surface area contributed by atoms with Crippen LogP contribution in [-0.2, 0) is 26.0 Å². The molecule has 2 amide bonds. The number of aromatic nitrogens is 1. The Hall–Kier alpha value is -3.27. The van der Waals surface area contributed by atoms with Crippen LogP contribution < -0.4 is 5.32 Å². The summed E-state index contributed by atoms with van der Waals surface area (Å²) >= 11 is 6.31. The molecule has 1 fully saturated rings. The van der Waals surface area contributed by atoms with E-state index in [9.17, 15) is 18.0 Å². The van der Waals surface area contributed by atoms with E-state index in [2.05, 4.69) is 17.2 Å². The molecule has 2 heterocycles. The zero-order valence-electron chi connectivity index (χ0n) is 23.8. The number of nitrogens with zero attached hydrogens (tertiary/aromatic N) is 3. The highest BCUT2D eigenvalue weighted by molar-refractivity contribution is 7.89. The van der Waals surface area contributed by atoms with E-state index in [1.165, 1.54) is 4.31 Å². The molecule has 1 saturated heterocycles. The first kappa shape index (κ1) is 30.7. The van der Waals surface area contributed by atoms with Gasteiger partial charge in [-0.05, 0) is 71.8 Å². The third-order valence-electron chi connectivity index (χ3n) is 7.49. The van der Waals surface area contributed by atoms with Crippen LogP contribution in [0.15, 0.2) is 65.8 Å². The van der Waals surface area contributed by atoms with E-state index in [1.54, 1.807) is 36.2 Å². The lowest BCUT2D eigenvalue weighted by molar-refractivity contribution is -0.135. The number of hydrogen-bond donors (Lipinski definition) is 1. The molecular weight excluding hydrogens is 560 g/mol. The van der Waals surface area contributed by atoms with E-state index in [0.29, 0.717) is 17.1 Å². The second-order valence-electron chi connectivity index (χ2n) is 10.2. The Bertz CT molecular complexity index is 1510. The number of carbonyl (C=O) groups excluding carboxylic acids is 2. The number of halogens is 1. The van der Waals surface area contributed by atoms with Crippen molar-refractivity contribution in [2.75, 3.05) is 26.2 Å². The smallest absolute Gasteiger partial charge is 0.244 e. The molecule has 1 aliphatic rings. The van der Waals surface area contributed by atoms with E-state index in [1.807, 2.05) is 43.5 Å². The number of piperazine rings is 1. The number of carbonyl (C=O) groups is 2. The van der Waals surface area contributed by atoms with Gasteiger partial charge >= 0.3 is 0 Å². The number of nitrogens with one attached hydrogen (secondary N) is 1. The molecule has 41 heavy (non-hydrogen) atoms. The second kappa shape index (κ2) is 13.6. The topological polar surface area (TPSA) is 99.7 Å². The van der Waals surface area contributed by atoms with Crippen LogP contribution in [-0.4, -0.2) is 60.6 Å². The quantitative estimate of drug-likeness (QED) is 0.349. The molecule has 0 spiro atoms. The number of pyridine rings is 1. The van der Waals surface area contributed by atoms with Gasteiger partial charge < -0.3 is 10.2 Å². The highest BCUT2D eigenvalue weighted by Crippen LogP contribution is 2.36. The molecule has 0 radical (unpaired) electrons. The number of benzene rings is 2. The summed E-state index contributed by atoms with van der Waals surface area (Å²) in [5.74, 6) is -0.331. The Balaban J connectivity index is 1.69. The van der Waals surface area contributed by atoms with E-state index in [4.69, 9.17) is 11.6 Å². The van der Waals surface area contributed by atoms with Crippen LogP contribution in [0.5, 0.6) is 0 Å². The van der Waals surface area contributed by atoms with Gasteiger partial charge in [-0.3, -0.25) is 14.6 Å². The summed E-state index contributed by atoms with van der Waals surface area (Å²) in [6.07, 6.45) is 5.39. The highest BCUT2D eigenvalue weighted by Gasteiger charge is 2.39. The van der Waals surface area contributed by atoms with Crippen molar-refractivity contribution in [2.24, 2.45) is 0 Å². The molecule has 218 valence electrons. The summed E-state index contributed by atoms with van der Waals surface area (Å²) in [6, 6.07) is 14.0. The second-order valence-corrected chi connectivity index (χ2v) is 12.5. The molecule has 1 aliphatic heterocycles. The van der Waals surface area contributed by atoms with Gasteiger partial charge in [0.15, 0.2) is 0 Å². The first-order valence-corrected chi connectivity index (χ1v) is 15.8. The number of amides is 2. The summed E-state index contributed by atoms with van der Waals surface area (Å²) in [7, 11) is -3.95. The maximum atomic E-state index is 14.1. The minimum atomic E-state index is -3.95. The molecule has 2 aromatic carbocycles. The summed E-state index contributed by atoms with van der Waals surface area (Å²) < 4.78 is 29.7. The van der Waals surface area contributed by atoms with Crippen LogP contribution in [0.25, 0.3) is 11.1 Å². The predicted octanol–water partition coefficient (Wildman–Crippen LogP) is 5.15. The SMILES string of the molecule is CCCNC(=O)CCC(=O)N1CCN(S(=O)(=O)c2cccc(Cl)c2C)C(c2cccc(-c3ccncc3CC)c2)C1. The maximum absolute atomic E-state index is 14.1. The van der Waals surface area contributed by atoms with Crippen molar-refractivity contribution in [3.05, 3.63) is 82.6 Å². The Morgan fingerprint density at radius 3 is 2.61 bits per heavy atom. The Kier molecular flexibility index (Phi) is 10.2. The van der Waals surface area contributed by atoms with Crippen LogP contribution in [0.3, 0.4) is 0 Å². The fraction of sp³-hybridized carbons (Fsp3) is 0.387. The van der Waals surface area contributed by atoms with Crippen molar-refractivity contribution in [2.45, 2.75) is 57.4 Å². The predicted molar refractivity (Wildman–Crippen MR) is 161 cm³/mol. The largest absolute Gasteiger partial charge is 0.356 e. The minimum Gasteiger partial charge on any atom is -0.356 e. The maximum Gasteiger partial charge on any atom is 0.244 e. The average molecular weight is 597 g/mol. The first-order valence-electron chi connectivity index (χ1n) is 14.0. The molecule has 0 aliphatic carbocycles. The van der Waals surface area contributed by atoms with Crippen LogP contribution in [0.2, 0.25) is 5.02 Å². The van der Waals surface area contributed by atoms with Gasteiger partial charge in [0.05, 0.1) is 10.9 Å². The zero-order valence-corrected chi connectivity index (χ0v) is 25.3. The van der Waals surface area contributed by atoms with E-state index in [0.717, 1.165) is 35.1 Å². The van der Waals surface area contributed by atoms with Crippen LogP contribution in [0, 0.1) is 6.92 Å². The molecule has 4 rings (SSSR count). The van der Waals surface area contributed by atoms with Crippen molar-refractivity contribution in [3.8, 4) is 11.1 Å². The van der Waals surface area contributed by atoms with Crippen LogP contribution in [0.4, 0.5) is 0 Å². The number of hydrogen-bond acceptors (Lipinski definition) is 5. The van der Waals surface area contributed by atoms with Crippen molar-refractivity contribution in [3.63, 3.8) is 0 Å². The number of aryl methyl sites for hydroxylation is 1. The van der Waals surface area contributed by atoms with Gasteiger partial charge in [-0.15, -0.1) is 0 Å². The normalized spacial score (nSPS) is 16.0. The summed E-state index contributed by atoms with van der Waals surface area (Å²) in [5.41, 5.74) is 4.34. The van der Waals surface area contributed by atoms with Crippen LogP contribution in [0.1, 0.15) is 55.8 Å². The lowest BCUT2D eigenvalue weighted by atomic mass is 9.95. The van der Waals surface area contributed by atoms with Gasteiger partial charge in [0.2, 0.25) is 21.8 Å². The van der Waals surface area contributed by atoms with Gasteiger partial charge in [-0.1, -0.05) is 49.7 Å². The van der Waals surface area contributed by atoms with Gasteiger partial charge in [0.1, 0.15) is 0 Å². The molecular formula is C31H37ClN4O4S. The average Bonchev–Trinajstić information content (AvgIpc) is 2.99. The molecule has 8 nitrogen and oxygen atoms in total. The van der Waals surface area contributed by atoms with Crippen molar-refractivity contribution >= 4 is 33.4 Å². The molecule has 1 unspecified atom stereocenters. The standard InChI is InChI=1S/C31H37ClN4O4S/c1-4-15-34-30(37)12-13-31(38)35-17-18-36(41(39,40)29-11-7-10-27(32)22(29)3)28(21-35)25-9-6-8-24(19-25)26-14-16-33-20-23(26)5-2/h6-11,14,16,19-20,28H,4-5,12-13,15,17-18,21H2,1-3H3,(H,34,37). The van der Waals surface area contributed by atoms with Crippen molar-refractivity contribution in [1.82, 2.24) is 19.5 Å². The third kappa shape index (κ3) is 6.97. The fourth-order valence-corrected chi connectivity index (χ4v) is 7.26. The van der Waals surface area contributed by atoms with E-state index >= 15 is 0 Å². The first-order chi connectivity index (χ1) is 19.7. The Labute approximate surface area is 247 Å². The summed E-state index contributed by atoms with van der Waals surface area (Å²) in [6.45, 7) is 6.83. The summed E-state index contributed by atoms with van der Waals surface area (Å²) in [4.78, 5) is 31.4. The van der Waals surface area contributed by atoms with E-state index < -0.39 is 16.1 Å². The highest BCUT2D eigenvalue weighted by atomic mass is 35.5.